The summed E-state index contributed by atoms with van der Waals surface area (Å²) in [4.78, 5) is 11.7. The fourth-order valence-corrected chi connectivity index (χ4v) is 1.73. The highest BCUT2D eigenvalue weighted by Gasteiger charge is 2.14. The van der Waals surface area contributed by atoms with Gasteiger partial charge in [-0.15, -0.1) is 0 Å². The van der Waals surface area contributed by atoms with Gasteiger partial charge in [-0.25, -0.2) is 0 Å². The van der Waals surface area contributed by atoms with E-state index in [2.05, 4.69) is 5.32 Å². The van der Waals surface area contributed by atoms with Crippen molar-refractivity contribution in [3.05, 3.63) is 33.8 Å². The maximum atomic E-state index is 11.7. The van der Waals surface area contributed by atoms with E-state index in [1.165, 1.54) is 0 Å². The first-order valence-corrected chi connectivity index (χ1v) is 5.72. The molecule has 1 rings (SSSR count). The first-order chi connectivity index (χ1) is 7.56. The van der Waals surface area contributed by atoms with Crippen LogP contribution in [0.1, 0.15) is 23.7 Å². The van der Waals surface area contributed by atoms with Gasteiger partial charge in [-0.1, -0.05) is 36.2 Å². The monoisotopic (exact) mass is 261 g/mol. The lowest BCUT2D eigenvalue weighted by Crippen LogP contribution is -2.32. The zero-order valence-corrected chi connectivity index (χ0v) is 10.3. The summed E-state index contributed by atoms with van der Waals surface area (Å²) < 4.78 is 0. The topological polar surface area (TPSA) is 49.3 Å². The summed E-state index contributed by atoms with van der Waals surface area (Å²) in [7, 11) is 0. The first kappa shape index (κ1) is 13.3. The van der Waals surface area contributed by atoms with Crippen molar-refractivity contribution in [2.24, 2.45) is 0 Å². The minimum Gasteiger partial charge on any atom is -0.391 e. The highest BCUT2D eigenvalue weighted by atomic mass is 35.5. The molecule has 1 aromatic carbocycles. The number of amides is 1. The van der Waals surface area contributed by atoms with Gasteiger partial charge in [0.25, 0.3) is 5.91 Å². The standard InChI is InChI=1S/C11H13Cl2NO2/c1-2-7(15)6-14-11(16)10-8(12)4-3-5-9(10)13/h3-5,7,15H,2,6H2,1H3,(H,14,16). The lowest BCUT2D eigenvalue weighted by Gasteiger charge is -2.11. The van der Waals surface area contributed by atoms with Crippen molar-refractivity contribution in [1.82, 2.24) is 5.32 Å². The van der Waals surface area contributed by atoms with Gasteiger partial charge in [-0.2, -0.15) is 0 Å². The van der Waals surface area contributed by atoms with Crippen LogP contribution in [-0.4, -0.2) is 23.7 Å². The van der Waals surface area contributed by atoms with E-state index < -0.39 is 6.10 Å². The Balaban J connectivity index is 2.73. The molecule has 0 aliphatic carbocycles. The third-order valence-corrected chi connectivity index (χ3v) is 2.79. The van der Waals surface area contributed by atoms with Crippen LogP contribution in [0.4, 0.5) is 0 Å². The van der Waals surface area contributed by atoms with Crippen LogP contribution in [-0.2, 0) is 0 Å². The van der Waals surface area contributed by atoms with Crippen LogP contribution in [0.3, 0.4) is 0 Å². The Kier molecular flexibility index (Phi) is 5.06. The minimum absolute atomic E-state index is 0.191. The van der Waals surface area contributed by atoms with Gasteiger partial charge in [0.2, 0.25) is 0 Å². The van der Waals surface area contributed by atoms with Crippen molar-refractivity contribution in [1.29, 1.82) is 0 Å². The van der Waals surface area contributed by atoms with Crippen molar-refractivity contribution in [3.8, 4) is 0 Å². The van der Waals surface area contributed by atoms with Crippen molar-refractivity contribution in [2.75, 3.05) is 6.54 Å². The van der Waals surface area contributed by atoms with E-state index in [9.17, 15) is 9.90 Å². The highest BCUT2D eigenvalue weighted by Crippen LogP contribution is 2.23. The normalized spacial score (nSPS) is 12.2. The molecule has 0 heterocycles. The quantitative estimate of drug-likeness (QED) is 0.875. The van der Waals surface area contributed by atoms with Gasteiger partial charge in [0.15, 0.2) is 0 Å². The van der Waals surface area contributed by atoms with Crippen LogP contribution in [0.15, 0.2) is 18.2 Å². The Hall–Kier alpha value is -0.770. The molecular formula is C11H13Cl2NO2. The summed E-state index contributed by atoms with van der Waals surface area (Å²) in [6, 6.07) is 4.86. The molecule has 0 aromatic heterocycles. The number of hydrogen-bond acceptors (Lipinski definition) is 2. The highest BCUT2D eigenvalue weighted by molar-refractivity contribution is 6.39. The van der Waals surface area contributed by atoms with Crippen LogP contribution >= 0.6 is 23.2 Å². The Morgan fingerprint density at radius 3 is 2.50 bits per heavy atom. The molecule has 1 amide bonds. The van der Waals surface area contributed by atoms with Gasteiger partial charge < -0.3 is 10.4 Å². The zero-order chi connectivity index (χ0) is 12.1. The summed E-state index contributed by atoms with van der Waals surface area (Å²) in [6.45, 7) is 2.02. The summed E-state index contributed by atoms with van der Waals surface area (Å²) >= 11 is 11.7. The van der Waals surface area contributed by atoms with Gasteiger partial charge in [-0.3, -0.25) is 4.79 Å². The molecule has 0 aliphatic heterocycles. The van der Waals surface area contributed by atoms with E-state index in [-0.39, 0.29) is 18.0 Å². The zero-order valence-electron chi connectivity index (χ0n) is 8.84. The molecule has 0 radical (unpaired) electrons. The van der Waals surface area contributed by atoms with Gasteiger partial charge in [0, 0.05) is 6.54 Å². The van der Waals surface area contributed by atoms with E-state index in [4.69, 9.17) is 23.2 Å². The molecule has 1 aromatic rings. The van der Waals surface area contributed by atoms with Crippen molar-refractivity contribution in [2.45, 2.75) is 19.4 Å². The molecule has 0 saturated carbocycles. The third-order valence-electron chi connectivity index (χ3n) is 2.16. The lowest BCUT2D eigenvalue weighted by atomic mass is 10.2. The van der Waals surface area contributed by atoms with Crippen molar-refractivity contribution in [3.63, 3.8) is 0 Å². The first-order valence-electron chi connectivity index (χ1n) is 4.96. The number of rotatable bonds is 4. The molecule has 0 fully saturated rings. The number of aliphatic hydroxyl groups is 1. The molecule has 16 heavy (non-hydrogen) atoms. The summed E-state index contributed by atoms with van der Waals surface area (Å²) in [6.07, 6.45) is 0.0292. The van der Waals surface area contributed by atoms with Crippen LogP contribution in [0.5, 0.6) is 0 Å². The second-order valence-electron chi connectivity index (χ2n) is 3.37. The fourth-order valence-electron chi connectivity index (χ4n) is 1.16. The van der Waals surface area contributed by atoms with Gasteiger partial charge in [0.05, 0.1) is 21.7 Å². The number of aliphatic hydroxyl groups excluding tert-OH is 1. The predicted molar refractivity (Wildman–Crippen MR) is 65.1 cm³/mol. The average molecular weight is 262 g/mol. The molecule has 2 N–H and O–H groups in total. The SMILES string of the molecule is CCC(O)CNC(=O)c1c(Cl)cccc1Cl. The Labute approximate surface area is 104 Å². The molecule has 0 saturated heterocycles. The number of carbonyl (C=O) groups is 1. The van der Waals surface area contributed by atoms with E-state index in [0.717, 1.165) is 0 Å². The smallest absolute Gasteiger partial charge is 0.254 e. The van der Waals surface area contributed by atoms with Gasteiger partial charge >= 0.3 is 0 Å². The second kappa shape index (κ2) is 6.09. The molecule has 0 bridgehead atoms. The van der Waals surface area contributed by atoms with E-state index in [1.807, 2.05) is 6.92 Å². The van der Waals surface area contributed by atoms with E-state index in [1.54, 1.807) is 18.2 Å². The molecular weight excluding hydrogens is 249 g/mol. The minimum atomic E-state index is -0.551. The molecule has 0 aliphatic rings. The second-order valence-corrected chi connectivity index (χ2v) is 4.18. The number of nitrogens with one attached hydrogen (secondary N) is 1. The lowest BCUT2D eigenvalue weighted by molar-refractivity contribution is 0.0914. The van der Waals surface area contributed by atoms with Crippen LogP contribution in [0, 0.1) is 0 Å². The molecule has 1 unspecified atom stereocenters. The van der Waals surface area contributed by atoms with Crippen LogP contribution in [0.2, 0.25) is 10.0 Å². The van der Waals surface area contributed by atoms with Gasteiger partial charge in [0.1, 0.15) is 0 Å². The average Bonchev–Trinajstić information content (AvgIpc) is 2.25. The van der Waals surface area contributed by atoms with Crippen molar-refractivity contribution < 1.29 is 9.90 Å². The maximum Gasteiger partial charge on any atom is 0.254 e. The molecule has 1 atom stereocenters. The summed E-state index contributed by atoms with van der Waals surface area (Å²) in [5.74, 6) is -0.372. The third kappa shape index (κ3) is 3.37. The summed E-state index contributed by atoms with van der Waals surface area (Å²) in [5.41, 5.74) is 0.245. The molecule has 3 nitrogen and oxygen atoms in total. The Morgan fingerprint density at radius 2 is 2.00 bits per heavy atom. The molecule has 5 heteroatoms. The number of halogens is 2. The fraction of sp³-hybridized carbons (Fsp3) is 0.364. The van der Waals surface area contributed by atoms with Gasteiger partial charge in [-0.05, 0) is 18.6 Å². The molecule has 88 valence electrons. The number of hydrogen-bond donors (Lipinski definition) is 2. The predicted octanol–water partition coefficient (Wildman–Crippen LogP) is 2.49. The number of carbonyl (C=O) groups excluding carboxylic acids is 1. The van der Waals surface area contributed by atoms with Crippen LogP contribution in [0.25, 0.3) is 0 Å². The number of benzene rings is 1. The largest absolute Gasteiger partial charge is 0.391 e. The van der Waals surface area contributed by atoms with Crippen LogP contribution < -0.4 is 5.32 Å². The summed E-state index contributed by atoms with van der Waals surface area (Å²) in [5, 5.41) is 12.5. The Morgan fingerprint density at radius 1 is 1.44 bits per heavy atom. The molecule has 0 spiro atoms. The van der Waals surface area contributed by atoms with Crippen molar-refractivity contribution >= 4 is 29.1 Å². The maximum absolute atomic E-state index is 11.7. The van der Waals surface area contributed by atoms with E-state index in [0.29, 0.717) is 16.5 Å². The van der Waals surface area contributed by atoms with E-state index >= 15 is 0 Å². The Bertz CT molecular complexity index is 362.